The summed E-state index contributed by atoms with van der Waals surface area (Å²) in [6.07, 6.45) is 31.6. The highest BCUT2D eigenvalue weighted by molar-refractivity contribution is 5.92. The van der Waals surface area contributed by atoms with Gasteiger partial charge in [0, 0.05) is 23.2 Å². The maximum atomic E-state index is 12.1. The van der Waals surface area contributed by atoms with Gasteiger partial charge in [-0.05, 0) is 375 Å². The lowest BCUT2D eigenvalue weighted by Gasteiger charge is -2.39. The van der Waals surface area contributed by atoms with Gasteiger partial charge >= 0.3 is 11.9 Å². The molecule has 0 radical (unpaired) electrons. The number of carbonyl (C=O) groups is 2. The summed E-state index contributed by atoms with van der Waals surface area (Å²) in [5, 5.41) is 20.9. The number of allylic oxidation sites excluding steroid dienone is 2. The average Bonchev–Trinajstić information content (AvgIpc) is 1.57. The van der Waals surface area contributed by atoms with Gasteiger partial charge in [0.1, 0.15) is 46.7 Å². The van der Waals surface area contributed by atoms with Crippen molar-refractivity contribution in [1.82, 2.24) is 0 Å². The lowest BCUT2D eigenvalue weighted by Crippen LogP contribution is -2.43. The van der Waals surface area contributed by atoms with Gasteiger partial charge < -0.3 is 57.6 Å². The zero-order valence-corrected chi connectivity index (χ0v) is 92.7. The summed E-state index contributed by atoms with van der Waals surface area (Å²) in [4.78, 5) is 23.7. The van der Waals surface area contributed by atoms with Crippen LogP contribution in [0.4, 0.5) is 0 Å². The Bertz CT molecular complexity index is 5000. The maximum Gasteiger partial charge on any atom is 0.311 e. The first-order chi connectivity index (χ1) is 68.4. The monoisotopic (exact) mass is 1960 g/mol. The van der Waals surface area contributed by atoms with E-state index < -0.39 is 5.41 Å². The van der Waals surface area contributed by atoms with Gasteiger partial charge in [0.05, 0.1) is 36.3 Å². The van der Waals surface area contributed by atoms with Crippen molar-refractivity contribution in [3.63, 3.8) is 0 Å². The van der Waals surface area contributed by atoms with E-state index in [1.165, 1.54) is 145 Å². The van der Waals surface area contributed by atoms with Crippen LogP contribution in [0.3, 0.4) is 0 Å². The third kappa shape index (κ3) is 31.5. The SMILES string of the molecule is CC1c2cccc3cccc(c23)C1C.CCC(C)(C)C(=O)OC1C2CC3C(=O)OC1C3C2.CCC(C)c1ccc(O)cc1.CCC(C)c1ccc(O)cc1.CCC(C)c1ccc(OC(C)OC(C)C)cc1.CCC(C)c1ccc(OC(C)OCCC2CCCCC2)cc1.CCC(C)c1ccc(OC(OC(C)C)C2(C)CC3C=CC2C3)cc1.CCC(C)c1ccc(OC(OC2CC3CC2C2CCCC32)C(C)C)cc1. The minimum atomic E-state index is -0.455. The van der Waals surface area contributed by atoms with Gasteiger partial charge in [0.15, 0.2) is 12.6 Å². The minimum absolute atomic E-state index is 0.0685. The van der Waals surface area contributed by atoms with Crippen molar-refractivity contribution in [1.29, 1.82) is 0 Å². The number of ether oxygens (including phenoxy) is 10. The maximum absolute atomic E-state index is 12.1. The summed E-state index contributed by atoms with van der Waals surface area (Å²) >= 11 is 0. The Morgan fingerprint density at radius 3 is 1.31 bits per heavy atom. The van der Waals surface area contributed by atoms with E-state index in [1.807, 2.05) is 84.9 Å². The molecule has 25 atom stereocenters. The second-order valence-corrected chi connectivity index (χ2v) is 45.8. The smallest absolute Gasteiger partial charge is 0.311 e. The standard InChI is InChI=1S/C24H36O2.C22H32O2.C20H32O2.C15H24O2.C14H20O4.C14H14.2C10H14O/c1-5-16(4)17-9-11-19(12-10-17)25-24(15(2)3)26-23-14-18-13-22(23)21-8-6-7-20(18)21;1-6-16(4)18-8-11-20(12-9-18)24-21(23-15(2)3)22(5)14-17-7-10-19(22)13-17;1-4-16(2)19-10-12-20(13-11-19)22-17(3)21-15-14-18-8-6-5-7-9-18;1-6-12(4)14-7-9-15(10-8-14)17-13(5)16-11(2)3;1-4-14(2,3)13(16)18-10-7-5-8-9(6-7)12(15)17-11(8)10;1-9-10(2)13-8-4-6-11-5-3-7-12(9)14(11)13;2*1-3-8(2)9-4-6-10(11)7-5-9/h9-12,15-16,18,20-24H,5-8,13-14H2,1-4H3;7-12,15-17,19,21H,6,13-14H2,1-5H3;10-13,16-18H,4-9,14-15H2,1-3H3;7-13H,6H2,1-5H3;7-11H,4-6H2,1-3H3;3-10H,1-2H3;2*4-8,11H,3H2,1-2H3. The molecule has 14 nitrogen and oxygen atoms in total. The van der Waals surface area contributed by atoms with Gasteiger partial charge in [0.25, 0.3) is 0 Å². The number of carbonyl (C=O) groups excluding carboxylic acids is 2. The summed E-state index contributed by atoms with van der Waals surface area (Å²) < 4.78 is 59.4. The van der Waals surface area contributed by atoms with Gasteiger partial charge in [0.2, 0.25) is 12.6 Å². The van der Waals surface area contributed by atoms with E-state index in [0.29, 0.717) is 94.5 Å². The van der Waals surface area contributed by atoms with Crippen LogP contribution in [0.15, 0.2) is 194 Å². The molecule has 25 unspecified atom stereocenters. The molecule has 0 spiro atoms. The third-order valence-corrected chi connectivity index (χ3v) is 34.2. The molecule has 0 amide bonds. The lowest BCUT2D eigenvalue weighted by atomic mass is 9.77. The van der Waals surface area contributed by atoms with E-state index in [0.717, 1.165) is 111 Å². The van der Waals surface area contributed by atoms with Crippen LogP contribution in [0.5, 0.6) is 34.5 Å². The molecular formula is C129H186O14. The van der Waals surface area contributed by atoms with Crippen molar-refractivity contribution in [2.75, 3.05) is 6.61 Å². The fourth-order valence-corrected chi connectivity index (χ4v) is 23.3. The van der Waals surface area contributed by atoms with Crippen LogP contribution in [0, 0.1) is 75.9 Å². The molecule has 9 aliphatic carbocycles. The highest BCUT2D eigenvalue weighted by Gasteiger charge is 2.64. The highest BCUT2D eigenvalue weighted by atomic mass is 16.7. The summed E-state index contributed by atoms with van der Waals surface area (Å²) in [7, 11) is 0. The van der Waals surface area contributed by atoms with E-state index in [1.54, 1.807) is 24.3 Å². The molecule has 8 aromatic rings. The largest absolute Gasteiger partial charge is 0.508 e. The van der Waals surface area contributed by atoms with Crippen LogP contribution in [0.1, 0.15) is 413 Å². The Hall–Kier alpha value is -8.66. The van der Waals surface area contributed by atoms with Crippen molar-refractivity contribution in [3.05, 3.63) is 239 Å². The van der Waals surface area contributed by atoms with Gasteiger partial charge in [-0.15, -0.1) is 0 Å². The molecule has 1 saturated heterocycles. The molecule has 7 saturated carbocycles. The predicted molar refractivity (Wildman–Crippen MR) is 587 cm³/mol. The molecule has 18 rings (SSSR count). The molecule has 8 aromatic carbocycles. The van der Waals surface area contributed by atoms with E-state index in [9.17, 15) is 9.59 Å². The number of benzene rings is 8. The number of hydrogen-bond acceptors (Lipinski definition) is 14. The van der Waals surface area contributed by atoms with E-state index in [-0.39, 0.29) is 72.8 Å². The molecule has 10 aliphatic rings. The minimum Gasteiger partial charge on any atom is -0.508 e. The second-order valence-electron chi connectivity index (χ2n) is 45.8. The first-order valence-electron chi connectivity index (χ1n) is 56.2. The normalized spacial score (nSPS) is 25.7. The number of rotatable bonds is 35. The summed E-state index contributed by atoms with van der Waals surface area (Å²) in [6, 6.07) is 62.2. The van der Waals surface area contributed by atoms with Crippen LogP contribution in [0.25, 0.3) is 10.8 Å². The first-order valence-corrected chi connectivity index (χ1v) is 56.2. The Morgan fingerprint density at radius 2 is 0.888 bits per heavy atom. The van der Waals surface area contributed by atoms with Crippen molar-refractivity contribution < 1.29 is 67.2 Å². The van der Waals surface area contributed by atoms with E-state index in [4.69, 9.17) is 57.6 Å². The van der Waals surface area contributed by atoms with Crippen LogP contribution in [-0.2, 0) is 38.0 Å². The molecular weight excluding hydrogens is 1770 g/mol. The van der Waals surface area contributed by atoms with Crippen LogP contribution >= 0.6 is 0 Å². The molecule has 0 aromatic heterocycles. The second kappa shape index (κ2) is 54.8. The summed E-state index contributed by atoms with van der Waals surface area (Å²) in [5.41, 5.74) is 10.8. The quantitative estimate of drug-likeness (QED) is 0.0219. The molecule has 14 heteroatoms. The number of phenols is 2. The number of hydrogen-bond donors (Lipinski definition) is 2. The highest BCUT2D eigenvalue weighted by Crippen LogP contribution is 2.61. The average molecular weight is 1960 g/mol. The predicted octanol–water partition coefficient (Wildman–Crippen LogP) is 34.4. The molecule has 786 valence electrons. The number of phenolic OH excluding ortho intramolecular Hbond substituents is 2. The van der Waals surface area contributed by atoms with Crippen molar-refractivity contribution in [2.24, 2.45) is 75.9 Å². The third-order valence-electron chi connectivity index (χ3n) is 34.2. The summed E-state index contributed by atoms with van der Waals surface area (Å²) in [5.74, 6) is 15.9. The Kier molecular flexibility index (Phi) is 44.0. The molecule has 6 bridgehead atoms. The van der Waals surface area contributed by atoms with Crippen molar-refractivity contribution >= 4 is 22.7 Å². The fraction of sp³-hybridized carbons (Fsp3) is 0.612. The lowest BCUT2D eigenvalue weighted by molar-refractivity contribution is -0.180. The Balaban J connectivity index is 0.000000158. The molecule has 2 N–H and O–H groups in total. The van der Waals surface area contributed by atoms with Crippen LogP contribution < -0.4 is 18.9 Å². The Morgan fingerprint density at radius 1 is 0.455 bits per heavy atom. The Labute approximate surface area is 864 Å². The molecule has 8 fully saturated rings. The molecule has 1 heterocycles. The fourth-order valence-electron chi connectivity index (χ4n) is 23.3. The van der Waals surface area contributed by atoms with Crippen molar-refractivity contribution in [2.45, 2.75) is 424 Å². The van der Waals surface area contributed by atoms with Crippen LogP contribution in [0.2, 0.25) is 0 Å². The van der Waals surface area contributed by atoms with Crippen molar-refractivity contribution in [3.8, 4) is 34.5 Å². The zero-order chi connectivity index (χ0) is 104. The number of fused-ring (bicyclic) bond motifs is 8. The molecule has 1 aliphatic heterocycles. The van der Waals surface area contributed by atoms with E-state index in [2.05, 4.69) is 265 Å². The van der Waals surface area contributed by atoms with E-state index >= 15 is 0 Å². The first kappa shape index (κ1) is 115. The van der Waals surface area contributed by atoms with Gasteiger partial charge in [-0.3, -0.25) is 9.59 Å². The molecule has 143 heavy (non-hydrogen) atoms. The van der Waals surface area contributed by atoms with Crippen LogP contribution in [-0.4, -0.2) is 84.4 Å². The van der Waals surface area contributed by atoms with Gasteiger partial charge in [-0.2, -0.15) is 0 Å². The van der Waals surface area contributed by atoms with Gasteiger partial charge in [-0.25, -0.2) is 0 Å². The number of esters is 2. The summed E-state index contributed by atoms with van der Waals surface area (Å²) in [6.45, 7) is 56.7. The van der Waals surface area contributed by atoms with Gasteiger partial charge in [-0.1, -0.05) is 284 Å². The topological polar surface area (TPSA) is 167 Å². The zero-order valence-electron chi connectivity index (χ0n) is 92.7. The number of aromatic hydroxyl groups is 2.